The zero-order chi connectivity index (χ0) is 24.1. The predicted molar refractivity (Wildman–Crippen MR) is 127 cm³/mol. The number of nitrogens with zero attached hydrogens (tertiary/aromatic N) is 2. The Kier molecular flexibility index (Phi) is 5.45. The third-order valence-electron chi connectivity index (χ3n) is 6.66. The fourth-order valence-electron chi connectivity index (χ4n) is 4.38. The van der Waals surface area contributed by atoms with E-state index in [1.807, 2.05) is 31.2 Å². The van der Waals surface area contributed by atoms with Gasteiger partial charge in [-0.05, 0) is 66.8 Å². The van der Waals surface area contributed by atoms with Crippen LogP contribution in [-0.2, 0) is 26.7 Å². The van der Waals surface area contributed by atoms with E-state index in [2.05, 4.69) is 4.98 Å². The van der Waals surface area contributed by atoms with Crippen molar-refractivity contribution in [1.29, 1.82) is 0 Å². The van der Waals surface area contributed by atoms with Crippen molar-refractivity contribution in [2.24, 2.45) is 0 Å². The number of pyridine rings is 1. The third kappa shape index (κ3) is 3.86. The monoisotopic (exact) mass is 478 g/mol. The molecule has 7 nitrogen and oxygen atoms in total. The number of aryl methyl sites for hydroxylation is 1. The van der Waals surface area contributed by atoms with Gasteiger partial charge < -0.3 is 9.47 Å². The van der Waals surface area contributed by atoms with Gasteiger partial charge in [0.25, 0.3) is 0 Å². The summed E-state index contributed by atoms with van der Waals surface area (Å²) in [6.07, 6.45) is 3.66. The standard InChI is InChI=1S/C26H26N2O5S/c1-17-22(19-4-7-21(8-5-19)34(30,31)28(2)3)12-18(15-27-17)13-25(29)26(10-11-26)20-6-9-23-24(14-20)33-16-32-23/h4-9,12,14-15H,10-11,13,16H2,1-3H3. The van der Waals surface area contributed by atoms with E-state index in [-0.39, 0.29) is 23.9 Å². The van der Waals surface area contributed by atoms with E-state index < -0.39 is 15.4 Å². The molecule has 0 atom stereocenters. The fraction of sp³-hybridized carbons (Fsp3) is 0.308. The van der Waals surface area contributed by atoms with Crippen LogP contribution < -0.4 is 9.47 Å². The lowest BCUT2D eigenvalue weighted by atomic mass is 9.87. The van der Waals surface area contributed by atoms with Crippen LogP contribution in [0.1, 0.15) is 29.7 Å². The molecule has 2 aromatic carbocycles. The number of hydrogen-bond acceptors (Lipinski definition) is 6. The van der Waals surface area contributed by atoms with Crippen LogP contribution in [-0.4, -0.2) is 44.4 Å². The Labute approximate surface area is 199 Å². The van der Waals surface area contributed by atoms with Crippen molar-refractivity contribution in [2.75, 3.05) is 20.9 Å². The van der Waals surface area contributed by atoms with Crippen molar-refractivity contribution >= 4 is 15.8 Å². The van der Waals surface area contributed by atoms with Crippen molar-refractivity contribution in [1.82, 2.24) is 9.29 Å². The summed E-state index contributed by atoms with van der Waals surface area (Å²) in [5, 5.41) is 0. The first-order chi connectivity index (χ1) is 16.2. The average molecular weight is 479 g/mol. The molecule has 0 N–H and O–H groups in total. The number of fused-ring (bicyclic) bond motifs is 1. The van der Waals surface area contributed by atoms with Crippen LogP contribution in [0.25, 0.3) is 11.1 Å². The zero-order valence-corrected chi connectivity index (χ0v) is 20.2. The second-order valence-corrected chi connectivity index (χ2v) is 11.2. The van der Waals surface area contributed by atoms with Gasteiger partial charge in [-0.2, -0.15) is 0 Å². The Morgan fingerprint density at radius 1 is 1.03 bits per heavy atom. The normalized spacial score (nSPS) is 16.0. The minimum atomic E-state index is -3.49. The summed E-state index contributed by atoms with van der Waals surface area (Å²) < 4.78 is 36.8. The van der Waals surface area contributed by atoms with Crippen LogP contribution >= 0.6 is 0 Å². The Morgan fingerprint density at radius 3 is 2.41 bits per heavy atom. The number of Topliss-reactive ketones (excluding diaryl/α,β-unsaturated/α-hetero) is 1. The first kappa shape index (κ1) is 22.6. The molecule has 2 heterocycles. The highest BCUT2D eigenvalue weighted by atomic mass is 32.2. The first-order valence-electron chi connectivity index (χ1n) is 11.1. The lowest BCUT2D eigenvalue weighted by Gasteiger charge is -2.16. The van der Waals surface area contributed by atoms with Gasteiger partial charge in [-0.25, -0.2) is 12.7 Å². The molecule has 0 amide bonds. The number of rotatable bonds is 7. The van der Waals surface area contributed by atoms with E-state index in [0.717, 1.165) is 40.8 Å². The molecule has 3 aromatic rings. The molecule has 0 saturated heterocycles. The molecule has 176 valence electrons. The average Bonchev–Trinajstić information content (AvgIpc) is 3.51. The number of aromatic nitrogens is 1. The largest absolute Gasteiger partial charge is 0.454 e. The lowest BCUT2D eigenvalue weighted by molar-refractivity contribution is -0.120. The van der Waals surface area contributed by atoms with Crippen LogP contribution in [0.15, 0.2) is 59.6 Å². The smallest absolute Gasteiger partial charge is 0.242 e. The minimum Gasteiger partial charge on any atom is -0.454 e. The molecule has 0 spiro atoms. The van der Waals surface area contributed by atoms with Crippen LogP contribution in [0.5, 0.6) is 11.5 Å². The number of hydrogen-bond donors (Lipinski definition) is 0. The Balaban J connectivity index is 1.39. The van der Waals surface area contributed by atoms with Gasteiger partial charge >= 0.3 is 0 Å². The van der Waals surface area contributed by atoms with E-state index in [0.29, 0.717) is 11.5 Å². The summed E-state index contributed by atoms with van der Waals surface area (Å²) in [6.45, 7) is 2.11. The highest BCUT2D eigenvalue weighted by Gasteiger charge is 2.50. The highest BCUT2D eigenvalue weighted by molar-refractivity contribution is 7.89. The summed E-state index contributed by atoms with van der Waals surface area (Å²) in [4.78, 5) is 18.1. The van der Waals surface area contributed by atoms with Gasteiger partial charge in [0.1, 0.15) is 5.78 Å². The van der Waals surface area contributed by atoms with Crippen LogP contribution in [0.3, 0.4) is 0 Å². The molecular weight excluding hydrogens is 452 g/mol. The Bertz CT molecular complexity index is 1380. The van der Waals surface area contributed by atoms with Gasteiger partial charge in [0.2, 0.25) is 16.8 Å². The van der Waals surface area contributed by atoms with Crippen molar-refractivity contribution < 1.29 is 22.7 Å². The Morgan fingerprint density at radius 2 is 1.74 bits per heavy atom. The number of sulfonamides is 1. The maximum absolute atomic E-state index is 13.4. The lowest BCUT2D eigenvalue weighted by Crippen LogP contribution is -2.22. The molecular formula is C26H26N2O5S. The molecule has 2 aliphatic rings. The molecule has 34 heavy (non-hydrogen) atoms. The number of carbonyl (C=O) groups is 1. The van der Waals surface area contributed by atoms with Crippen LogP contribution in [0, 0.1) is 6.92 Å². The van der Waals surface area contributed by atoms with E-state index in [1.165, 1.54) is 18.4 Å². The van der Waals surface area contributed by atoms with E-state index in [9.17, 15) is 13.2 Å². The summed E-state index contributed by atoms with van der Waals surface area (Å²) in [7, 11) is -0.478. The second kappa shape index (κ2) is 8.21. The summed E-state index contributed by atoms with van der Waals surface area (Å²) in [5.74, 6) is 1.56. The quantitative estimate of drug-likeness (QED) is 0.512. The molecule has 0 radical (unpaired) electrons. The summed E-state index contributed by atoms with van der Waals surface area (Å²) >= 11 is 0. The van der Waals surface area contributed by atoms with E-state index >= 15 is 0 Å². The molecule has 1 saturated carbocycles. The van der Waals surface area contributed by atoms with Gasteiger partial charge in [-0.3, -0.25) is 9.78 Å². The number of carbonyl (C=O) groups excluding carboxylic acids is 1. The van der Waals surface area contributed by atoms with E-state index in [1.54, 1.807) is 30.5 Å². The molecule has 1 aliphatic heterocycles. The fourth-order valence-corrected chi connectivity index (χ4v) is 5.29. The SMILES string of the molecule is Cc1ncc(CC(=O)C2(c3ccc4c(c3)OCO4)CC2)cc1-c1ccc(S(=O)(=O)N(C)C)cc1. The third-order valence-corrected chi connectivity index (χ3v) is 8.49. The summed E-state index contributed by atoms with van der Waals surface area (Å²) in [5.41, 5.74) is 3.88. The van der Waals surface area contributed by atoms with Gasteiger partial charge in [-0.1, -0.05) is 18.2 Å². The number of ether oxygens (including phenoxy) is 2. The molecule has 5 rings (SSSR count). The van der Waals surface area contributed by atoms with E-state index in [4.69, 9.17) is 9.47 Å². The molecule has 1 aromatic heterocycles. The van der Waals surface area contributed by atoms with Gasteiger partial charge in [0.15, 0.2) is 11.5 Å². The second-order valence-electron chi connectivity index (χ2n) is 9.04. The molecule has 1 aliphatic carbocycles. The molecule has 0 unspecified atom stereocenters. The van der Waals surface area contributed by atoms with Crippen molar-refractivity contribution in [3.05, 3.63) is 71.5 Å². The number of benzene rings is 2. The highest BCUT2D eigenvalue weighted by Crippen LogP contribution is 2.51. The number of ketones is 1. The topological polar surface area (TPSA) is 85.8 Å². The van der Waals surface area contributed by atoms with Crippen molar-refractivity contribution in [2.45, 2.75) is 36.5 Å². The first-order valence-corrected chi connectivity index (χ1v) is 12.6. The van der Waals surface area contributed by atoms with Crippen LogP contribution in [0.4, 0.5) is 0 Å². The maximum Gasteiger partial charge on any atom is 0.242 e. The summed E-state index contributed by atoms with van der Waals surface area (Å²) in [6, 6.07) is 14.5. The zero-order valence-electron chi connectivity index (χ0n) is 19.4. The van der Waals surface area contributed by atoms with Gasteiger partial charge in [0.05, 0.1) is 10.3 Å². The molecule has 1 fully saturated rings. The molecule has 0 bridgehead atoms. The van der Waals surface area contributed by atoms with Gasteiger partial charge in [-0.15, -0.1) is 0 Å². The van der Waals surface area contributed by atoms with Crippen LogP contribution in [0.2, 0.25) is 0 Å². The maximum atomic E-state index is 13.4. The predicted octanol–water partition coefficient (Wildman–Crippen LogP) is 3.88. The van der Waals surface area contributed by atoms with Crippen molar-refractivity contribution in [3.8, 4) is 22.6 Å². The van der Waals surface area contributed by atoms with Gasteiger partial charge in [0, 0.05) is 38.0 Å². The van der Waals surface area contributed by atoms with Crippen molar-refractivity contribution in [3.63, 3.8) is 0 Å². The minimum absolute atomic E-state index is 0.162. The Hall–Kier alpha value is -3.23. The molecule has 8 heteroatoms.